The van der Waals surface area contributed by atoms with Crippen molar-refractivity contribution < 1.29 is 8.81 Å². The first-order valence-electron chi connectivity index (χ1n) is 16.8. The third-order valence-corrected chi connectivity index (χ3v) is 9.54. The van der Waals surface area contributed by atoms with E-state index >= 15 is 4.39 Å². The highest BCUT2D eigenvalue weighted by Gasteiger charge is 2.21. The SMILES string of the molecule is Fc1ccc(-c2cccc(-c3nc(-c4ccccc4)nc(-c4ccccc4)n3)c2)cc1-c1cc2c3ccccc3oc2c2c1[nH]c1ccccc12. The fourth-order valence-corrected chi connectivity index (χ4v) is 7.09. The number of benzene rings is 7. The van der Waals surface area contributed by atoms with Gasteiger partial charge in [-0.3, -0.25) is 0 Å². The molecular weight excluding hydrogens is 632 g/mol. The minimum Gasteiger partial charge on any atom is -0.455 e. The summed E-state index contributed by atoms with van der Waals surface area (Å²) in [7, 11) is 0. The predicted octanol–water partition coefficient (Wildman–Crippen LogP) is 11.9. The summed E-state index contributed by atoms with van der Waals surface area (Å²) in [5.74, 6) is 1.44. The highest BCUT2D eigenvalue weighted by Crippen LogP contribution is 2.44. The van der Waals surface area contributed by atoms with Crippen LogP contribution in [0.3, 0.4) is 0 Å². The summed E-state index contributed by atoms with van der Waals surface area (Å²) in [5.41, 5.74) is 9.09. The molecular formula is C45H27FN4O. The highest BCUT2D eigenvalue weighted by molar-refractivity contribution is 6.26. The van der Waals surface area contributed by atoms with E-state index in [2.05, 4.69) is 29.2 Å². The van der Waals surface area contributed by atoms with E-state index in [0.29, 0.717) is 23.0 Å². The van der Waals surface area contributed by atoms with Gasteiger partial charge >= 0.3 is 0 Å². The van der Waals surface area contributed by atoms with Gasteiger partial charge in [-0.1, -0.05) is 121 Å². The highest BCUT2D eigenvalue weighted by atomic mass is 19.1. The molecule has 3 heterocycles. The average Bonchev–Trinajstić information content (AvgIpc) is 3.77. The molecule has 5 nitrogen and oxygen atoms in total. The number of para-hydroxylation sites is 2. The number of furan rings is 1. The van der Waals surface area contributed by atoms with Crippen LogP contribution in [0, 0.1) is 5.82 Å². The zero-order chi connectivity index (χ0) is 33.9. The summed E-state index contributed by atoms with van der Waals surface area (Å²) in [4.78, 5) is 18.3. The van der Waals surface area contributed by atoms with E-state index in [1.54, 1.807) is 6.07 Å². The number of nitrogens with zero attached hydrogens (tertiary/aromatic N) is 3. The monoisotopic (exact) mass is 658 g/mol. The molecule has 1 N–H and O–H groups in total. The Bertz CT molecular complexity index is 2870. The zero-order valence-corrected chi connectivity index (χ0v) is 27.1. The number of rotatable bonds is 5. The van der Waals surface area contributed by atoms with Gasteiger partial charge in [-0.2, -0.15) is 0 Å². The van der Waals surface area contributed by atoms with Crippen molar-refractivity contribution in [3.63, 3.8) is 0 Å². The lowest BCUT2D eigenvalue weighted by atomic mass is 9.94. The van der Waals surface area contributed by atoms with Gasteiger partial charge in [-0.25, -0.2) is 19.3 Å². The van der Waals surface area contributed by atoms with Gasteiger partial charge in [-0.05, 0) is 47.5 Å². The van der Waals surface area contributed by atoms with E-state index in [-0.39, 0.29) is 5.82 Å². The first kappa shape index (κ1) is 29.0. The van der Waals surface area contributed by atoms with Crippen LogP contribution in [0.4, 0.5) is 4.39 Å². The standard InChI is InChI=1S/C45H27FN4O/c46-37-23-22-30(25-34(37)35-26-36-32-18-8-10-21-39(32)51-42(36)40-33-19-7-9-20-38(33)47-41(35)40)29-16-11-17-31(24-29)45-49-43(27-12-3-1-4-13-27)48-44(50-45)28-14-5-2-6-15-28/h1-26,47H. The van der Waals surface area contributed by atoms with Crippen molar-refractivity contribution in [2.45, 2.75) is 0 Å². The Morgan fingerprint density at radius 2 is 1.04 bits per heavy atom. The van der Waals surface area contributed by atoms with Crippen LogP contribution < -0.4 is 0 Å². The first-order valence-corrected chi connectivity index (χ1v) is 16.8. The minimum atomic E-state index is -0.306. The molecule has 10 aromatic rings. The number of fused-ring (bicyclic) bond motifs is 7. The maximum atomic E-state index is 16.1. The van der Waals surface area contributed by atoms with Gasteiger partial charge in [0.25, 0.3) is 0 Å². The third kappa shape index (κ3) is 4.88. The van der Waals surface area contributed by atoms with Crippen LogP contribution in [-0.2, 0) is 0 Å². The second-order valence-electron chi connectivity index (χ2n) is 12.6. The second kappa shape index (κ2) is 11.6. The van der Waals surface area contributed by atoms with Gasteiger partial charge in [0.2, 0.25) is 0 Å². The summed E-state index contributed by atoms with van der Waals surface area (Å²) in [6.45, 7) is 0. The second-order valence-corrected chi connectivity index (χ2v) is 12.6. The Morgan fingerprint density at radius 1 is 0.451 bits per heavy atom. The van der Waals surface area contributed by atoms with E-state index in [1.165, 1.54) is 0 Å². The van der Waals surface area contributed by atoms with Crippen molar-refractivity contribution in [3.8, 4) is 56.4 Å². The lowest BCUT2D eigenvalue weighted by molar-refractivity contribution is 0.631. The quantitative estimate of drug-likeness (QED) is 0.200. The molecule has 0 aliphatic rings. The molecule has 0 radical (unpaired) electrons. The average molecular weight is 659 g/mol. The summed E-state index contributed by atoms with van der Waals surface area (Å²) < 4.78 is 22.5. The topological polar surface area (TPSA) is 67.6 Å². The number of H-pyrrole nitrogens is 1. The van der Waals surface area contributed by atoms with Gasteiger partial charge in [0, 0.05) is 49.5 Å². The number of halogens is 1. The van der Waals surface area contributed by atoms with Crippen molar-refractivity contribution in [1.82, 2.24) is 19.9 Å². The van der Waals surface area contributed by atoms with Crippen LogP contribution in [0.2, 0.25) is 0 Å². The Balaban J connectivity index is 1.14. The minimum absolute atomic E-state index is 0.306. The Labute approximate surface area is 291 Å². The largest absolute Gasteiger partial charge is 0.455 e. The van der Waals surface area contributed by atoms with Crippen LogP contribution in [0.1, 0.15) is 0 Å². The van der Waals surface area contributed by atoms with E-state index in [1.807, 2.05) is 127 Å². The van der Waals surface area contributed by atoms with Gasteiger partial charge < -0.3 is 9.40 Å². The third-order valence-electron chi connectivity index (χ3n) is 9.54. The van der Waals surface area contributed by atoms with Crippen molar-refractivity contribution in [1.29, 1.82) is 0 Å². The zero-order valence-electron chi connectivity index (χ0n) is 27.1. The summed E-state index contributed by atoms with van der Waals surface area (Å²) in [6.07, 6.45) is 0. The molecule has 0 bridgehead atoms. The maximum Gasteiger partial charge on any atom is 0.164 e. The first-order chi connectivity index (χ1) is 25.2. The molecule has 0 atom stereocenters. The molecule has 240 valence electrons. The number of hydrogen-bond acceptors (Lipinski definition) is 4. The summed E-state index contributed by atoms with van der Waals surface area (Å²) in [6, 6.07) is 51.4. The maximum absolute atomic E-state index is 16.1. The molecule has 51 heavy (non-hydrogen) atoms. The van der Waals surface area contributed by atoms with Gasteiger partial charge in [0.15, 0.2) is 17.5 Å². The van der Waals surface area contributed by atoms with Crippen molar-refractivity contribution >= 4 is 43.7 Å². The van der Waals surface area contributed by atoms with Crippen molar-refractivity contribution in [2.24, 2.45) is 0 Å². The number of aromatic amines is 1. The molecule has 0 saturated carbocycles. The van der Waals surface area contributed by atoms with Crippen LogP contribution in [0.5, 0.6) is 0 Å². The summed E-state index contributed by atoms with van der Waals surface area (Å²) in [5, 5.41) is 3.92. The van der Waals surface area contributed by atoms with Crippen LogP contribution >= 0.6 is 0 Å². The molecule has 0 saturated heterocycles. The fraction of sp³-hybridized carbons (Fsp3) is 0. The van der Waals surface area contributed by atoms with Crippen LogP contribution in [-0.4, -0.2) is 19.9 Å². The van der Waals surface area contributed by atoms with Crippen LogP contribution in [0.15, 0.2) is 162 Å². The smallest absolute Gasteiger partial charge is 0.164 e. The van der Waals surface area contributed by atoms with E-state index in [0.717, 1.165) is 77.1 Å². The lowest BCUT2D eigenvalue weighted by Crippen LogP contribution is -2.00. The molecule has 10 rings (SSSR count). The molecule has 3 aromatic heterocycles. The fourth-order valence-electron chi connectivity index (χ4n) is 7.09. The van der Waals surface area contributed by atoms with Crippen molar-refractivity contribution in [3.05, 3.63) is 164 Å². The number of hydrogen-bond donors (Lipinski definition) is 1. The molecule has 0 amide bonds. The predicted molar refractivity (Wildman–Crippen MR) is 204 cm³/mol. The molecule has 0 aliphatic carbocycles. The van der Waals surface area contributed by atoms with Crippen LogP contribution in [0.25, 0.3) is 100 Å². The van der Waals surface area contributed by atoms with E-state index < -0.39 is 0 Å². The Hall–Kier alpha value is -6.92. The van der Waals surface area contributed by atoms with E-state index in [4.69, 9.17) is 19.4 Å². The van der Waals surface area contributed by atoms with E-state index in [9.17, 15) is 0 Å². The van der Waals surface area contributed by atoms with Crippen molar-refractivity contribution in [2.75, 3.05) is 0 Å². The molecule has 7 aromatic carbocycles. The van der Waals surface area contributed by atoms with Gasteiger partial charge in [0.05, 0.1) is 10.9 Å². The normalized spacial score (nSPS) is 11.6. The number of nitrogens with one attached hydrogen (secondary N) is 1. The van der Waals surface area contributed by atoms with Gasteiger partial charge in [-0.15, -0.1) is 0 Å². The molecule has 0 aliphatic heterocycles. The van der Waals surface area contributed by atoms with Gasteiger partial charge in [0.1, 0.15) is 17.0 Å². The molecule has 0 unspecified atom stereocenters. The summed E-state index contributed by atoms with van der Waals surface area (Å²) >= 11 is 0. The lowest BCUT2D eigenvalue weighted by Gasteiger charge is -2.11. The Kier molecular flexibility index (Phi) is 6.61. The Morgan fingerprint density at radius 3 is 1.78 bits per heavy atom. The molecule has 6 heteroatoms. The molecule has 0 fully saturated rings. The number of aromatic nitrogens is 4. The molecule has 0 spiro atoms.